The molecule has 2 aliphatic heterocycles. The van der Waals surface area contributed by atoms with Gasteiger partial charge >= 0.3 is 0 Å². The molecule has 2 aromatic rings. The molecule has 9 heteroatoms. The Morgan fingerprint density at radius 1 is 0.833 bits per heavy atom. The molecule has 30 heavy (non-hydrogen) atoms. The number of anilines is 4. The second kappa shape index (κ2) is 9.47. The average molecular weight is 416 g/mol. The summed E-state index contributed by atoms with van der Waals surface area (Å²) in [5.74, 6) is 0.546. The number of amides is 2. The van der Waals surface area contributed by atoms with E-state index in [9.17, 15) is 9.59 Å². The molecule has 2 aromatic carbocycles. The number of hydrogen-bond donors (Lipinski definition) is 1. The van der Waals surface area contributed by atoms with Crippen molar-refractivity contribution in [2.75, 3.05) is 53.7 Å². The summed E-state index contributed by atoms with van der Waals surface area (Å²) in [6.45, 7) is 3.35. The van der Waals surface area contributed by atoms with E-state index >= 15 is 0 Å². The highest BCUT2D eigenvalue weighted by Gasteiger charge is 2.31. The Labute approximate surface area is 175 Å². The molecule has 0 atom stereocenters. The van der Waals surface area contributed by atoms with Gasteiger partial charge in [0.1, 0.15) is 5.75 Å². The summed E-state index contributed by atoms with van der Waals surface area (Å²) in [4.78, 5) is 29.7. The van der Waals surface area contributed by atoms with Crippen molar-refractivity contribution in [3.8, 4) is 5.75 Å². The molecule has 0 aromatic heterocycles. The summed E-state index contributed by atoms with van der Waals surface area (Å²) >= 11 is 0. The van der Waals surface area contributed by atoms with E-state index in [4.69, 9.17) is 10.5 Å². The molecule has 2 amide bonds. The third kappa shape index (κ3) is 4.17. The van der Waals surface area contributed by atoms with Crippen LogP contribution in [0.25, 0.3) is 0 Å². The molecule has 2 aliphatic rings. The summed E-state index contributed by atoms with van der Waals surface area (Å²) < 4.78 is 5.47. The van der Waals surface area contributed by atoms with E-state index < -0.39 is 0 Å². The predicted octanol–water partition coefficient (Wildman–Crippen LogP) is 0.608. The third-order valence-electron chi connectivity index (χ3n) is 5.37. The standard InChI is InChI=1S/C21H24N4O3.2H2O/c1-28-19-5-3-2-4-18(19)24-12-10-23(11-13-24)17-7-6-15(14-16(17)22)25-20(26)8-9-21(25)27;;/h2-7,14H,8-13,22H2,1H3;2*1H2. The molecule has 0 bridgehead atoms. The van der Waals surface area contributed by atoms with Crippen LogP contribution < -0.4 is 25.2 Å². The number of nitrogens with zero attached hydrogens (tertiary/aromatic N) is 3. The Hall–Kier alpha value is -3.30. The Bertz CT molecular complexity index is 896. The van der Waals surface area contributed by atoms with Crippen molar-refractivity contribution in [3.63, 3.8) is 0 Å². The summed E-state index contributed by atoms with van der Waals surface area (Å²) in [7, 11) is 1.69. The van der Waals surface area contributed by atoms with E-state index in [-0.39, 0.29) is 35.6 Å². The zero-order valence-corrected chi connectivity index (χ0v) is 16.9. The highest BCUT2D eigenvalue weighted by Crippen LogP contribution is 2.33. The lowest BCUT2D eigenvalue weighted by Gasteiger charge is -2.38. The number of methoxy groups -OCH3 is 1. The van der Waals surface area contributed by atoms with Gasteiger partial charge in [0.05, 0.1) is 29.9 Å². The van der Waals surface area contributed by atoms with Crippen LogP contribution in [0, 0.1) is 0 Å². The third-order valence-corrected chi connectivity index (χ3v) is 5.37. The topological polar surface area (TPSA) is 142 Å². The molecule has 6 N–H and O–H groups in total. The first-order valence-electron chi connectivity index (χ1n) is 9.46. The Kier molecular flexibility index (Phi) is 7.25. The predicted molar refractivity (Wildman–Crippen MR) is 117 cm³/mol. The van der Waals surface area contributed by atoms with Crippen LogP contribution in [0.3, 0.4) is 0 Å². The molecule has 0 saturated carbocycles. The zero-order chi connectivity index (χ0) is 19.7. The summed E-state index contributed by atoms with van der Waals surface area (Å²) in [5, 5.41) is 0. The van der Waals surface area contributed by atoms with Gasteiger partial charge in [0, 0.05) is 39.0 Å². The van der Waals surface area contributed by atoms with Crippen LogP contribution in [0.15, 0.2) is 42.5 Å². The lowest BCUT2D eigenvalue weighted by Crippen LogP contribution is -2.46. The van der Waals surface area contributed by atoms with E-state index in [1.807, 2.05) is 24.3 Å². The van der Waals surface area contributed by atoms with Crippen molar-refractivity contribution in [2.24, 2.45) is 0 Å². The van der Waals surface area contributed by atoms with Crippen LogP contribution in [-0.4, -0.2) is 56.1 Å². The number of hydrogen-bond acceptors (Lipinski definition) is 6. The SMILES string of the molecule is COc1ccccc1N1CCN(c2ccc(N3C(=O)CCC3=O)cc2N)CC1.O.O. The van der Waals surface area contributed by atoms with Crippen molar-refractivity contribution in [3.05, 3.63) is 42.5 Å². The van der Waals surface area contributed by atoms with E-state index in [1.54, 1.807) is 19.2 Å². The smallest absolute Gasteiger partial charge is 0.234 e. The van der Waals surface area contributed by atoms with Crippen molar-refractivity contribution in [1.29, 1.82) is 0 Å². The van der Waals surface area contributed by atoms with Crippen LogP contribution in [0.1, 0.15) is 12.8 Å². The monoisotopic (exact) mass is 416 g/mol. The molecule has 0 unspecified atom stereocenters. The van der Waals surface area contributed by atoms with Crippen LogP contribution in [-0.2, 0) is 9.59 Å². The molecule has 2 saturated heterocycles. The van der Waals surface area contributed by atoms with Crippen molar-refractivity contribution in [2.45, 2.75) is 12.8 Å². The van der Waals surface area contributed by atoms with Gasteiger partial charge in [0.25, 0.3) is 0 Å². The maximum Gasteiger partial charge on any atom is 0.234 e. The van der Waals surface area contributed by atoms with E-state index in [2.05, 4.69) is 15.9 Å². The summed E-state index contributed by atoms with van der Waals surface area (Å²) in [6.07, 6.45) is 0.538. The number of piperazine rings is 1. The lowest BCUT2D eigenvalue weighted by atomic mass is 10.1. The fraction of sp³-hybridized carbons (Fsp3) is 0.333. The van der Waals surface area contributed by atoms with Crippen molar-refractivity contribution < 1.29 is 25.3 Å². The highest BCUT2D eigenvalue weighted by atomic mass is 16.5. The van der Waals surface area contributed by atoms with E-state index in [0.717, 1.165) is 43.3 Å². The molecule has 162 valence electrons. The van der Waals surface area contributed by atoms with Crippen molar-refractivity contribution >= 4 is 34.6 Å². The van der Waals surface area contributed by atoms with Gasteiger partial charge in [-0.25, -0.2) is 0 Å². The van der Waals surface area contributed by atoms with Gasteiger partial charge in [-0.1, -0.05) is 12.1 Å². The lowest BCUT2D eigenvalue weighted by molar-refractivity contribution is -0.121. The Balaban J connectivity index is 0.00000160. The number of carbonyl (C=O) groups is 2. The quantitative estimate of drug-likeness (QED) is 0.571. The summed E-state index contributed by atoms with van der Waals surface area (Å²) in [5.41, 5.74) is 9.44. The van der Waals surface area contributed by atoms with E-state index in [1.165, 1.54) is 4.90 Å². The minimum Gasteiger partial charge on any atom is -0.495 e. The fourth-order valence-corrected chi connectivity index (χ4v) is 3.91. The number of ether oxygens (including phenoxy) is 1. The molecule has 2 heterocycles. The van der Waals surface area contributed by atoms with Crippen LogP contribution in [0.4, 0.5) is 22.7 Å². The first kappa shape index (κ1) is 23.0. The van der Waals surface area contributed by atoms with Gasteiger partial charge in [0.2, 0.25) is 11.8 Å². The number of nitrogen functional groups attached to an aromatic ring is 1. The highest BCUT2D eigenvalue weighted by molar-refractivity contribution is 6.20. The number of carbonyl (C=O) groups excluding carboxylic acids is 2. The van der Waals surface area contributed by atoms with E-state index in [0.29, 0.717) is 11.4 Å². The molecule has 0 aliphatic carbocycles. The number of rotatable bonds is 4. The fourth-order valence-electron chi connectivity index (χ4n) is 3.91. The van der Waals surface area contributed by atoms with Gasteiger partial charge in [-0.3, -0.25) is 14.5 Å². The number of nitrogens with two attached hydrogens (primary N) is 1. The maximum atomic E-state index is 11.9. The average Bonchev–Trinajstić information content (AvgIpc) is 3.06. The minimum absolute atomic E-state index is 0. The number of imide groups is 1. The molecular weight excluding hydrogens is 388 g/mol. The Morgan fingerprint density at radius 3 is 1.97 bits per heavy atom. The second-order valence-electron chi connectivity index (χ2n) is 7.01. The van der Waals surface area contributed by atoms with Crippen molar-refractivity contribution in [1.82, 2.24) is 0 Å². The molecule has 4 rings (SSSR count). The van der Waals surface area contributed by atoms with Gasteiger partial charge in [-0.15, -0.1) is 0 Å². The van der Waals surface area contributed by atoms with Gasteiger partial charge in [-0.05, 0) is 30.3 Å². The molecule has 9 nitrogen and oxygen atoms in total. The first-order chi connectivity index (χ1) is 13.6. The first-order valence-corrected chi connectivity index (χ1v) is 9.46. The maximum absolute atomic E-state index is 11.9. The largest absolute Gasteiger partial charge is 0.495 e. The van der Waals surface area contributed by atoms with Gasteiger partial charge < -0.3 is 31.2 Å². The van der Waals surface area contributed by atoms with Gasteiger partial charge in [-0.2, -0.15) is 0 Å². The number of benzene rings is 2. The second-order valence-corrected chi connectivity index (χ2v) is 7.01. The minimum atomic E-state index is -0.164. The zero-order valence-electron chi connectivity index (χ0n) is 16.9. The van der Waals surface area contributed by atoms with Gasteiger partial charge in [0.15, 0.2) is 0 Å². The Morgan fingerprint density at radius 2 is 1.40 bits per heavy atom. The molecule has 2 fully saturated rings. The molecule has 0 spiro atoms. The number of para-hydroxylation sites is 2. The molecular formula is C21H28N4O5. The normalized spacial score (nSPS) is 16.2. The summed E-state index contributed by atoms with van der Waals surface area (Å²) in [6, 6.07) is 13.5. The van der Waals surface area contributed by atoms with Crippen LogP contribution >= 0.6 is 0 Å². The molecule has 0 radical (unpaired) electrons. The van der Waals surface area contributed by atoms with Crippen LogP contribution in [0.5, 0.6) is 5.75 Å². The van der Waals surface area contributed by atoms with Crippen LogP contribution in [0.2, 0.25) is 0 Å².